The van der Waals surface area contributed by atoms with Crippen molar-refractivity contribution < 1.29 is 9.53 Å². The van der Waals surface area contributed by atoms with Crippen LogP contribution in [0, 0.1) is 0 Å². The van der Waals surface area contributed by atoms with Crippen molar-refractivity contribution in [1.82, 2.24) is 4.57 Å². The van der Waals surface area contributed by atoms with Gasteiger partial charge in [-0.05, 0) is 35.9 Å². The quantitative estimate of drug-likeness (QED) is 0.727. The van der Waals surface area contributed by atoms with E-state index in [0.717, 1.165) is 21.5 Å². The van der Waals surface area contributed by atoms with Gasteiger partial charge in [-0.3, -0.25) is 4.79 Å². The van der Waals surface area contributed by atoms with Crippen molar-refractivity contribution in [1.29, 1.82) is 0 Å². The van der Waals surface area contributed by atoms with Crippen LogP contribution in [-0.4, -0.2) is 17.6 Å². The van der Waals surface area contributed by atoms with Crippen LogP contribution in [-0.2, 0) is 18.3 Å². The normalized spacial score (nSPS) is 11.9. The van der Waals surface area contributed by atoms with Crippen LogP contribution in [0.5, 0.6) is 5.75 Å². The maximum atomic E-state index is 12.2. The van der Waals surface area contributed by atoms with Crippen LogP contribution >= 0.6 is 22.9 Å². The Morgan fingerprint density at radius 1 is 1.26 bits per heavy atom. The lowest BCUT2D eigenvalue weighted by Crippen LogP contribution is -2.14. The minimum Gasteiger partial charge on any atom is -0.497 e. The van der Waals surface area contributed by atoms with Crippen LogP contribution in [0.2, 0.25) is 5.02 Å². The number of carbonyl (C=O) groups is 1. The molecule has 3 rings (SSSR count). The van der Waals surface area contributed by atoms with E-state index < -0.39 is 0 Å². The number of carbonyl (C=O) groups excluding carboxylic acids is 1. The molecule has 23 heavy (non-hydrogen) atoms. The first-order valence-corrected chi connectivity index (χ1v) is 8.22. The summed E-state index contributed by atoms with van der Waals surface area (Å²) in [5, 5.41) is 0.676. The summed E-state index contributed by atoms with van der Waals surface area (Å²) in [6.07, 6.45) is 0.263. The highest BCUT2D eigenvalue weighted by molar-refractivity contribution is 7.16. The predicted octanol–water partition coefficient (Wildman–Crippen LogP) is 3.57. The first-order valence-electron chi connectivity index (χ1n) is 7.02. The molecule has 2 aromatic carbocycles. The molecule has 0 unspecified atom stereocenters. The van der Waals surface area contributed by atoms with Gasteiger partial charge >= 0.3 is 0 Å². The molecule has 0 bridgehead atoms. The van der Waals surface area contributed by atoms with E-state index in [2.05, 4.69) is 4.99 Å². The second-order valence-corrected chi connectivity index (χ2v) is 6.53. The molecule has 6 heteroatoms. The zero-order valence-corrected chi connectivity index (χ0v) is 14.3. The van der Waals surface area contributed by atoms with Crippen molar-refractivity contribution in [2.45, 2.75) is 6.42 Å². The molecule has 0 atom stereocenters. The number of nitrogens with zero attached hydrogens (tertiary/aromatic N) is 2. The van der Waals surface area contributed by atoms with Crippen LogP contribution in [0.3, 0.4) is 0 Å². The monoisotopic (exact) mass is 346 g/mol. The summed E-state index contributed by atoms with van der Waals surface area (Å²) in [5.74, 6) is 0.592. The average molecular weight is 347 g/mol. The van der Waals surface area contributed by atoms with Crippen molar-refractivity contribution in [3.8, 4) is 5.75 Å². The van der Waals surface area contributed by atoms with Gasteiger partial charge in [-0.2, -0.15) is 4.99 Å². The Balaban J connectivity index is 1.88. The van der Waals surface area contributed by atoms with E-state index in [0.29, 0.717) is 9.82 Å². The Hall–Kier alpha value is -2.11. The van der Waals surface area contributed by atoms with Gasteiger partial charge < -0.3 is 9.30 Å². The Labute approximate surface area is 142 Å². The van der Waals surface area contributed by atoms with Crippen molar-refractivity contribution in [2.24, 2.45) is 12.0 Å². The minimum absolute atomic E-state index is 0.177. The Morgan fingerprint density at radius 3 is 2.70 bits per heavy atom. The topological polar surface area (TPSA) is 43.6 Å². The molecule has 0 aliphatic heterocycles. The first kappa shape index (κ1) is 15.8. The predicted molar refractivity (Wildman–Crippen MR) is 93.1 cm³/mol. The molecule has 0 aliphatic carbocycles. The van der Waals surface area contributed by atoms with Crippen molar-refractivity contribution in [3.63, 3.8) is 0 Å². The third-order valence-corrected chi connectivity index (χ3v) is 4.84. The van der Waals surface area contributed by atoms with Crippen LogP contribution < -0.4 is 9.54 Å². The molecule has 0 spiro atoms. The largest absolute Gasteiger partial charge is 0.497 e. The van der Waals surface area contributed by atoms with E-state index in [1.54, 1.807) is 7.11 Å². The minimum atomic E-state index is -0.177. The molecule has 0 radical (unpaired) electrons. The Morgan fingerprint density at radius 2 is 2.00 bits per heavy atom. The number of benzene rings is 2. The van der Waals surface area contributed by atoms with Gasteiger partial charge in [-0.15, -0.1) is 0 Å². The fourth-order valence-corrected chi connectivity index (χ4v) is 3.59. The van der Waals surface area contributed by atoms with Crippen molar-refractivity contribution in [2.75, 3.05) is 7.11 Å². The number of aromatic nitrogens is 1. The van der Waals surface area contributed by atoms with Crippen LogP contribution in [0.25, 0.3) is 10.2 Å². The van der Waals surface area contributed by atoms with Gasteiger partial charge in [0, 0.05) is 12.1 Å². The highest BCUT2D eigenvalue weighted by Gasteiger charge is 2.07. The molecule has 118 valence electrons. The zero-order valence-electron chi connectivity index (χ0n) is 12.7. The molecular weight excluding hydrogens is 332 g/mol. The first-order chi connectivity index (χ1) is 11.1. The second kappa shape index (κ2) is 6.56. The van der Waals surface area contributed by atoms with E-state index in [4.69, 9.17) is 16.3 Å². The summed E-state index contributed by atoms with van der Waals surface area (Å²) in [7, 11) is 3.51. The molecule has 1 amide bonds. The van der Waals surface area contributed by atoms with Gasteiger partial charge in [-0.1, -0.05) is 35.1 Å². The number of amides is 1. The van der Waals surface area contributed by atoms with E-state index in [9.17, 15) is 4.79 Å². The summed E-state index contributed by atoms with van der Waals surface area (Å²) in [6, 6.07) is 13.1. The molecule has 0 saturated heterocycles. The molecule has 0 saturated carbocycles. The third kappa shape index (κ3) is 3.46. The van der Waals surface area contributed by atoms with Crippen molar-refractivity contribution in [3.05, 3.63) is 57.9 Å². The number of hydrogen-bond acceptors (Lipinski definition) is 3. The summed E-state index contributed by atoms with van der Waals surface area (Å²) in [4.78, 5) is 17.1. The lowest BCUT2D eigenvalue weighted by atomic mass is 10.1. The van der Waals surface area contributed by atoms with Crippen LogP contribution in [0.15, 0.2) is 47.5 Å². The lowest BCUT2D eigenvalue weighted by molar-refractivity contribution is -0.117. The van der Waals surface area contributed by atoms with Crippen LogP contribution in [0.4, 0.5) is 0 Å². The average Bonchev–Trinajstić information content (AvgIpc) is 2.83. The number of hydrogen-bond donors (Lipinski definition) is 0. The van der Waals surface area contributed by atoms with Gasteiger partial charge in [-0.25, -0.2) is 0 Å². The number of ether oxygens (including phenoxy) is 1. The number of rotatable bonds is 3. The van der Waals surface area contributed by atoms with Gasteiger partial charge in [0.1, 0.15) is 5.75 Å². The van der Waals surface area contributed by atoms with Crippen molar-refractivity contribution >= 4 is 39.1 Å². The molecule has 0 fully saturated rings. The number of halogens is 1. The third-order valence-electron chi connectivity index (χ3n) is 3.51. The summed E-state index contributed by atoms with van der Waals surface area (Å²) < 4.78 is 8.02. The molecule has 4 nitrogen and oxygen atoms in total. The highest BCUT2D eigenvalue weighted by atomic mass is 35.5. The fourth-order valence-electron chi connectivity index (χ4n) is 2.28. The zero-order chi connectivity index (χ0) is 16.4. The molecule has 1 aromatic heterocycles. The van der Waals surface area contributed by atoms with Gasteiger partial charge in [0.15, 0.2) is 4.80 Å². The van der Waals surface area contributed by atoms with E-state index in [1.165, 1.54) is 11.3 Å². The summed E-state index contributed by atoms with van der Waals surface area (Å²) >= 11 is 7.46. The van der Waals surface area contributed by atoms with Crippen LogP contribution in [0.1, 0.15) is 5.56 Å². The summed E-state index contributed by atoms with van der Waals surface area (Å²) in [5.41, 5.74) is 1.92. The maximum Gasteiger partial charge on any atom is 0.252 e. The second-order valence-electron chi connectivity index (χ2n) is 5.09. The lowest BCUT2D eigenvalue weighted by Gasteiger charge is -2.01. The Bertz CT molecular complexity index is 926. The van der Waals surface area contributed by atoms with Gasteiger partial charge in [0.2, 0.25) is 0 Å². The smallest absolute Gasteiger partial charge is 0.252 e. The molecule has 0 aliphatic rings. The molecule has 0 N–H and O–H groups in total. The number of aryl methyl sites for hydroxylation is 1. The Kier molecular flexibility index (Phi) is 4.50. The van der Waals surface area contributed by atoms with E-state index in [-0.39, 0.29) is 12.3 Å². The maximum absolute atomic E-state index is 12.2. The summed E-state index contributed by atoms with van der Waals surface area (Å²) in [6.45, 7) is 0. The van der Waals surface area contributed by atoms with Gasteiger partial charge in [0.05, 0.1) is 23.7 Å². The molecule has 1 heterocycles. The standard InChI is InChI=1S/C17H15ClN2O2S/c1-20-14-8-5-12(18)10-15(14)23-17(20)19-16(21)9-11-3-6-13(22-2)7-4-11/h3-8,10H,9H2,1-2H3. The number of methoxy groups -OCH3 is 1. The van der Waals surface area contributed by atoms with E-state index in [1.807, 2.05) is 54.1 Å². The van der Waals surface area contributed by atoms with Gasteiger partial charge in [0.25, 0.3) is 5.91 Å². The number of fused-ring (bicyclic) bond motifs is 1. The fraction of sp³-hybridized carbons (Fsp3) is 0.176. The molecule has 3 aromatic rings. The SMILES string of the molecule is COc1ccc(CC(=O)N=c2sc3cc(Cl)ccc3n2C)cc1. The highest BCUT2D eigenvalue weighted by Crippen LogP contribution is 2.21. The molecular formula is C17H15ClN2O2S. The number of thiazole rings is 1. The van der Waals surface area contributed by atoms with E-state index >= 15 is 0 Å².